The molecule has 3 nitrogen and oxygen atoms in total. The fourth-order valence-electron chi connectivity index (χ4n) is 2.64. The van der Waals surface area contributed by atoms with Gasteiger partial charge in [0.2, 0.25) is 0 Å². The fourth-order valence-corrected chi connectivity index (χ4v) is 2.64. The standard InChI is InChI=1S/C11H20N2O/c1-10(2)8-11(14,5-7-13-10)9-4-3-6-12-9/h3-4,9,12-14H,5-8H2,1-2H3. The van der Waals surface area contributed by atoms with Crippen molar-refractivity contribution < 1.29 is 5.11 Å². The van der Waals surface area contributed by atoms with E-state index >= 15 is 0 Å². The highest BCUT2D eigenvalue weighted by atomic mass is 16.3. The molecule has 1 fully saturated rings. The molecule has 0 saturated carbocycles. The molecule has 0 aromatic rings. The Bertz CT molecular complexity index is 250. The van der Waals surface area contributed by atoms with Gasteiger partial charge in [0.05, 0.1) is 11.6 Å². The Morgan fingerprint density at radius 3 is 2.79 bits per heavy atom. The minimum Gasteiger partial charge on any atom is -0.388 e. The van der Waals surface area contributed by atoms with Crippen LogP contribution in [0, 0.1) is 0 Å². The van der Waals surface area contributed by atoms with Gasteiger partial charge in [-0.05, 0) is 33.2 Å². The van der Waals surface area contributed by atoms with E-state index in [0.717, 1.165) is 25.9 Å². The quantitative estimate of drug-likeness (QED) is 0.532. The van der Waals surface area contributed by atoms with Crippen molar-refractivity contribution in [3.63, 3.8) is 0 Å². The van der Waals surface area contributed by atoms with E-state index in [0.29, 0.717) is 0 Å². The number of nitrogens with one attached hydrogen (secondary N) is 2. The Labute approximate surface area is 85.6 Å². The molecule has 2 rings (SSSR count). The lowest BCUT2D eigenvalue weighted by atomic mass is 9.77. The molecule has 0 amide bonds. The highest BCUT2D eigenvalue weighted by molar-refractivity contribution is 5.14. The maximum absolute atomic E-state index is 10.6. The summed E-state index contributed by atoms with van der Waals surface area (Å²) in [6.45, 7) is 6.09. The minimum atomic E-state index is -0.568. The molecule has 0 aliphatic carbocycles. The SMILES string of the molecule is CC1(C)CC(O)(C2C=CCN2)CCN1. The molecular weight excluding hydrogens is 176 g/mol. The van der Waals surface area contributed by atoms with E-state index < -0.39 is 5.60 Å². The van der Waals surface area contributed by atoms with Crippen molar-refractivity contribution in [2.75, 3.05) is 13.1 Å². The zero-order valence-corrected chi connectivity index (χ0v) is 9.01. The summed E-state index contributed by atoms with van der Waals surface area (Å²) in [5, 5.41) is 17.3. The first-order valence-corrected chi connectivity index (χ1v) is 5.39. The van der Waals surface area contributed by atoms with E-state index in [4.69, 9.17) is 0 Å². The number of piperidine rings is 1. The summed E-state index contributed by atoms with van der Waals surface area (Å²) >= 11 is 0. The first-order chi connectivity index (χ1) is 6.52. The highest BCUT2D eigenvalue weighted by Crippen LogP contribution is 2.32. The third-order valence-corrected chi connectivity index (χ3v) is 3.27. The van der Waals surface area contributed by atoms with Gasteiger partial charge in [0.25, 0.3) is 0 Å². The van der Waals surface area contributed by atoms with Crippen molar-refractivity contribution in [3.05, 3.63) is 12.2 Å². The summed E-state index contributed by atoms with van der Waals surface area (Å²) in [6.07, 6.45) is 5.83. The number of rotatable bonds is 1. The number of hydrogen-bond acceptors (Lipinski definition) is 3. The van der Waals surface area contributed by atoms with Crippen molar-refractivity contribution in [2.45, 2.75) is 43.9 Å². The Hall–Kier alpha value is -0.380. The van der Waals surface area contributed by atoms with E-state index in [1.54, 1.807) is 0 Å². The number of aliphatic hydroxyl groups is 1. The summed E-state index contributed by atoms with van der Waals surface area (Å²) in [5.41, 5.74) is -0.521. The third-order valence-electron chi connectivity index (χ3n) is 3.27. The maximum Gasteiger partial charge on any atom is 0.0865 e. The smallest absolute Gasteiger partial charge is 0.0865 e. The van der Waals surface area contributed by atoms with E-state index in [1.165, 1.54) is 0 Å². The maximum atomic E-state index is 10.6. The van der Waals surface area contributed by atoms with Gasteiger partial charge in [-0.2, -0.15) is 0 Å². The molecule has 2 atom stereocenters. The average Bonchev–Trinajstić information content (AvgIpc) is 2.52. The van der Waals surface area contributed by atoms with Crippen LogP contribution in [0.15, 0.2) is 12.2 Å². The fraction of sp³-hybridized carbons (Fsp3) is 0.818. The average molecular weight is 196 g/mol. The summed E-state index contributed by atoms with van der Waals surface area (Å²) in [5.74, 6) is 0. The van der Waals surface area contributed by atoms with Crippen LogP contribution in [-0.2, 0) is 0 Å². The van der Waals surface area contributed by atoms with Crippen LogP contribution in [0.2, 0.25) is 0 Å². The predicted octanol–water partition coefficient (Wildman–Crippen LogP) is 0.407. The van der Waals surface area contributed by atoms with E-state index in [1.807, 2.05) is 0 Å². The predicted molar refractivity (Wildman–Crippen MR) is 57.2 cm³/mol. The lowest BCUT2D eigenvalue weighted by Crippen LogP contribution is -2.60. The molecule has 0 radical (unpaired) electrons. The van der Waals surface area contributed by atoms with Crippen LogP contribution in [0.5, 0.6) is 0 Å². The van der Waals surface area contributed by atoms with Crippen LogP contribution in [-0.4, -0.2) is 35.4 Å². The van der Waals surface area contributed by atoms with Crippen LogP contribution in [0.25, 0.3) is 0 Å². The Morgan fingerprint density at radius 2 is 2.21 bits per heavy atom. The molecule has 2 heterocycles. The summed E-state index contributed by atoms with van der Waals surface area (Å²) < 4.78 is 0. The van der Waals surface area contributed by atoms with E-state index in [-0.39, 0.29) is 11.6 Å². The minimum absolute atomic E-state index is 0.0467. The lowest BCUT2D eigenvalue weighted by molar-refractivity contribution is -0.0364. The van der Waals surface area contributed by atoms with Gasteiger partial charge >= 0.3 is 0 Å². The summed E-state index contributed by atoms with van der Waals surface area (Å²) in [7, 11) is 0. The molecule has 0 bridgehead atoms. The number of hydrogen-bond donors (Lipinski definition) is 3. The molecule has 0 aromatic carbocycles. The third kappa shape index (κ3) is 1.85. The molecule has 1 saturated heterocycles. The zero-order valence-electron chi connectivity index (χ0n) is 9.01. The molecule has 80 valence electrons. The van der Waals surface area contributed by atoms with Crippen molar-refractivity contribution in [2.24, 2.45) is 0 Å². The normalized spacial score (nSPS) is 41.5. The van der Waals surface area contributed by atoms with Crippen LogP contribution in [0.4, 0.5) is 0 Å². The first kappa shape index (κ1) is 10.1. The largest absolute Gasteiger partial charge is 0.388 e. The Kier molecular flexibility index (Phi) is 2.41. The van der Waals surface area contributed by atoms with Gasteiger partial charge < -0.3 is 15.7 Å². The van der Waals surface area contributed by atoms with Gasteiger partial charge in [-0.1, -0.05) is 12.2 Å². The molecule has 2 aliphatic heterocycles. The van der Waals surface area contributed by atoms with Crippen molar-refractivity contribution >= 4 is 0 Å². The second kappa shape index (κ2) is 3.33. The molecule has 0 aromatic heterocycles. The summed E-state index contributed by atoms with van der Waals surface area (Å²) in [6, 6.07) is 0.142. The molecule has 3 N–H and O–H groups in total. The highest BCUT2D eigenvalue weighted by Gasteiger charge is 2.43. The molecular formula is C11H20N2O. The Balaban J connectivity index is 2.10. The van der Waals surface area contributed by atoms with Crippen molar-refractivity contribution in [1.29, 1.82) is 0 Å². The van der Waals surface area contributed by atoms with Crippen LogP contribution in [0.3, 0.4) is 0 Å². The van der Waals surface area contributed by atoms with E-state index in [2.05, 4.69) is 36.6 Å². The molecule has 0 spiro atoms. The van der Waals surface area contributed by atoms with Crippen LogP contribution in [0.1, 0.15) is 26.7 Å². The van der Waals surface area contributed by atoms with Crippen LogP contribution < -0.4 is 10.6 Å². The Morgan fingerprint density at radius 1 is 1.43 bits per heavy atom. The molecule has 2 unspecified atom stereocenters. The monoisotopic (exact) mass is 196 g/mol. The second-order valence-corrected chi connectivity index (χ2v) is 5.16. The first-order valence-electron chi connectivity index (χ1n) is 5.39. The summed E-state index contributed by atoms with van der Waals surface area (Å²) in [4.78, 5) is 0. The molecule has 14 heavy (non-hydrogen) atoms. The van der Waals surface area contributed by atoms with Gasteiger partial charge in [0, 0.05) is 12.1 Å². The van der Waals surface area contributed by atoms with Gasteiger partial charge in [-0.15, -0.1) is 0 Å². The zero-order chi connectivity index (χ0) is 10.2. The molecule has 3 heteroatoms. The van der Waals surface area contributed by atoms with Gasteiger partial charge in [-0.25, -0.2) is 0 Å². The van der Waals surface area contributed by atoms with Crippen molar-refractivity contribution in [1.82, 2.24) is 10.6 Å². The topological polar surface area (TPSA) is 44.3 Å². The van der Waals surface area contributed by atoms with Gasteiger partial charge in [-0.3, -0.25) is 0 Å². The van der Waals surface area contributed by atoms with E-state index in [9.17, 15) is 5.11 Å². The van der Waals surface area contributed by atoms with Crippen LogP contribution >= 0.6 is 0 Å². The van der Waals surface area contributed by atoms with Gasteiger partial charge in [0.1, 0.15) is 0 Å². The second-order valence-electron chi connectivity index (χ2n) is 5.16. The molecule has 2 aliphatic rings. The van der Waals surface area contributed by atoms with Gasteiger partial charge in [0.15, 0.2) is 0 Å². The van der Waals surface area contributed by atoms with Crippen molar-refractivity contribution in [3.8, 4) is 0 Å². The lowest BCUT2D eigenvalue weighted by Gasteiger charge is -2.45.